The quantitative estimate of drug-likeness (QED) is 0.436. The number of imidazole rings is 2. The van der Waals surface area contributed by atoms with Gasteiger partial charge in [-0.2, -0.15) is 0 Å². The Kier molecular flexibility index (Phi) is 5.19. The van der Waals surface area contributed by atoms with Crippen LogP contribution in [0.5, 0.6) is 5.75 Å². The van der Waals surface area contributed by atoms with Crippen LogP contribution in [0.3, 0.4) is 0 Å². The van der Waals surface area contributed by atoms with Gasteiger partial charge in [0.1, 0.15) is 17.6 Å². The maximum absolute atomic E-state index is 12.8. The zero-order valence-corrected chi connectivity index (χ0v) is 19.8. The molecule has 1 saturated heterocycles. The molecular weight excluding hydrogens is 448 g/mol. The van der Waals surface area contributed by atoms with Crippen LogP contribution in [0.15, 0.2) is 29.3 Å². The molecule has 11 heteroatoms. The maximum Gasteiger partial charge on any atom is 0.326 e. The third-order valence-corrected chi connectivity index (χ3v) is 7.15. The van der Waals surface area contributed by atoms with Crippen LogP contribution < -0.4 is 20.6 Å². The van der Waals surface area contributed by atoms with E-state index in [2.05, 4.69) is 30.2 Å². The van der Waals surface area contributed by atoms with Crippen molar-refractivity contribution >= 4 is 33.9 Å². The number of amides is 1. The van der Waals surface area contributed by atoms with Crippen molar-refractivity contribution in [1.82, 2.24) is 34.4 Å². The molecule has 2 fully saturated rings. The van der Waals surface area contributed by atoms with Crippen LogP contribution in [-0.2, 0) is 7.05 Å². The highest BCUT2D eigenvalue weighted by atomic mass is 16.5. The van der Waals surface area contributed by atoms with Crippen molar-refractivity contribution in [3.63, 3.8) is 0 Å². The van der Waals surface area contributed by atoms with Crippen LogP contribution >= 0.6 is 0 Å². The van der Waals surface area contributed by atoms with E-state index in [1.165, 1.54) is 19.2 Å². The average Bonchev–Trinajstić information content (AvgIpc) is 3.56. The van der Waals surface area contributed by atoms with Gasteiger partial charge in [0.15, 0.2) is 17.0 Å². The van der Waals surface area contributed by atoms with Gasteiger partial charge in [-0.25, -0.2) is 19.7 Å². The number of anilines is 1. The summed E-state index contributed by atoms with van der Waals surface area (Å²) in [5, 5.41) is 2.98. The normalized spacial score (nSPS) is 16.8. The van der Waals surface area contributed by atoms with Gasteiger partial charge in [0.25, 0.3) is 5.91 Å². The fourth-order valence-electron chi connectivity index (χ4n) is 5.05. The number of H-pyrrole nitrogens is 1. The first kappa shape index (κ1) is 21.6. The minimum absolute atomic E-state index is 0.0597. The molecule has 182 valence electrons. The Bertz CT molecular complexity index is 1470. The fraction of sp³-hybridized carbons (Fsp3) is 0.458. The second kappa shape index (κ2) is 8.40. The van der Waals surface area contributed by atoms with Crippen LogP contribution in [0.4, 0.5) is 5.82 Å². The number of fused-ring (bicyclic) bond motifs is 2. The van der Waals surface area contributed by atoms with Crippen molar-refractivity contribution in [2.24, 2.45) is 13.0 Å². The summed E-state index contributed by atoms with van der Waals surface area (Å²) in [5.41, 5.74) is 2.70. The lowest BCUT2D eigenvalue weighted by Gasteiger charge is -2.33. The number of carbonyl (C=O) groups is 1. The summed E-state index contributed by atoms with van der Waals surface area (Å²) in [6.45, 7) is 2.10. The van der Waals surface area contributed by atoms with Crippen LogP contribution in [0.25, 0.3) is 22.2 Å². The molecule has 6 rings (SSSR count). The van der Waals surface area contributed by atoms with Crippen LogP contribution in [-0.4, -0.2) is 61.7 Å². The Morgan fingerprint density at radius 3 is 2.74 bits per heavy atom. The van der Waals surface area contributed by atoms with Crippen LogP contribution in [0.1, 0.15) is 42.3 Å². The monoisotopic (exact) mass is 476 g/mol. The zero-order chi connectivity index (χ0) is 24.1. The Balaban J connectivity index is 1.25. The van der Waals surface area contributed by atoms with Crippen LogP contribution in [0, 0.1) is 5.92 Å². The minimum atomic E-state index is -0.184. The van der Waals surface area contributed by atoms with Gasteiger partial charge in [0.05, 0.1) is 12.6 Å². The summed E-state index contributed by atoms with van der Waals surface area (Å²) in [5.74, 6) is 2.13. The van der Waals surface area contributed by atoms with E-state index in [9.17, 15) is 9.59 Å². The van der Waals surface area contributed by atoms with Crippen molar-refractivity contribution in [1.29, 1.82) is 0 Å². The Morgan fingerprint density at radius 2 is 2.00 bits per heavy atom. The highest BCUT2D eigenvalue weighted by molar-refractivity contribution is 5.96. The number of hydrogen-bond donors (Lipinski definition) is 2. The second-order valence-electron chi connectivity index (χ2n) is 9.39. The molecule has 0 radical (unpaired) electrons. The van der Waals surface area contributed by atoms with E-state index in [0.29, 0.717) is 48.3 Å². The zero-order valence-electron chi connectivity index (χ0n) is 19.8. The molecule has 3 aromatic heterocycles. The van der Waals surface area contributed by atoms with E-state index >= 15 is 0 Å². The first-order chi connectivity index (χ1) is 17.0. The van der Waals surface area contributed by atoms with Crippen molar-refractivity contribution in [2.45, 2.75) is 31.7 Å². The fourth-order valence-corrected chi connectivity index (χ4v) is 5.05. The predicted octanol–water partition coefficient (Wildman–Crippen LogP) is 2.00. The molecular formula is C24H28N8O3. The Morgan fingerprint density at radius 1 is 1.20 bits per heavy atom. The summed E-state index contributed by atoms with van der Waals surface area (Å²) >= 11 is 0. The molecule has 35 heavy (non-hydrogen) atoms. The molecule has 4 aromatic rings. The summed E-state index contributed by atoms with van der Waals surface area (Å²) in [6, 6.07) is 5.75. The van der Waals surface area contributed by atoms with E-state index in [0.717, 1.165) is 29.7 Å². The SMILES string of the molecule is COc1cccc2c1[nH]c(=O)n2C1CCN(c2ncnc3c2nc(C(=O)NCC2CC2)n3C)CC1. The molecule has 2 aliphatic rings. The van der Waals surface area contributed by atoms with Gasteiger partial charge in [0.2, 0.25) is 5.82 Å². The highest BCUT2D eigenvalue weighted by Gasteiger charge is 2.28. The number of rotatable bonds is 6. The molecule has 1 aliphatic heterocycles. The summed E-state index contributed by atoms with van der Waals surface area (Å²) in [4.78, 5) is 44.2. The third-order valence-electron chi connectivity index (χ3n) is 7.15. The number of aromatic amines is 1. The molecule has 1 amide bonds. The van der Waals surface area contributed by atoms with Crippen molar-refractivity contribution < 1.29 is 9.53 Å². The van der Waals surface area contributed by atoms with Crippen molar-refractivity contribution in [2.75, 3.05) is 31.6 Å². The molecule has 1 aromatic carbocycles. The van der Waals surface area contributed by atoms with E-state index in [1.54, 1.807) is 11.7 Å². The van der Waals surface area contributed by atoms with Gasteiger partial charge in [0, 0.05) is 32.7 Å². The summed E-state index contributed by atoms with van der Waals surface area (Å²) < 4.78 is 8.99. The number of methoxy groups -OCH3 is 1. The van der Waals surface area contributed by atoms with E-state index < -0.39 is 0 Å². The second-order valence-corrected chi connectivity index (χ2v) is 9.39. The number of aryl methyl sites for hydroxylation is 1. The number of benzene rings is 1. The summed E-state index contributed by atoms with van der Waals surface area (Å²) in [6.07, 6.45) is 5.42. The lowest BCUT2D eigenvalue weighted by Crippen LogP contribution is -2.37. The Hall–Kier alpha value is -3.89. The summed E-state index contributed by atoms with van der Waals surface area (Å²) in [7, 11) is 3.41. The molecule has 0 bridgehead atoms. The number of para-hydroxylation sites is 1. The molecule has 0 spiro atoms. The number of piperidine rings is 1. The van der Waals surface area contributed by atoms with Gasteiger partial charge in [-0.3, -0.25) is 9.36 Å². The average molecular weight is 477 g/mol. The topological polar surface area (TPSA) is 123 Å². The minimum Gasteiger partial charge on any atom is -0.494 e. The molecule has 0 unspecified atom stereocenters. The Labute approximate surface area is 201 Å². The first-order valence-electron chi connectivity index (χ1n) is 12.0. The van der Waals surface area contributed by atoms with Gasteiger partial charge >= 0.3 is 5.69 Å². The number of hydrogen-bond acceptors (Lipinski definition) is 7. The smallest absolute Gasteiger partial charge is 0.326 e. The number of carbonyl (C=O) groups excluding carboxylic acids is 1. The molecule has 2 N–H and O–H groups in total. The highest BCUT2D eigenvalue weighted by Crippen LogP contribution is 2.32. The van der Waals surface area contributed by atoms with Crippen molar-refractivity contribution in [3.05, 3.63) is 40.8 Å². The maximum atomic E-state index is 12.8. The van der Waals surface area contributed by atoms with Gasteiger partial charge in [-0.15, -0.1) is 0 Å². The number of aromatic nitrogens is 6. The number of nitrogens with one attached hydrogen (secondary N) is 2. The third kappa shape index (κ3) is 3.71. The molecule has 11 nitrogen and oxygen atoms in total. The van der Waals surface area contributed by atoms with E-state index in [4.69, 9.17) is 4.74 Å². The largest absolute Gasteiger partial charge is 0.494 e. The lowest BCUT2D eigenvalue weighted by molar-refractivity contribution is 0.0939. The van der Waals surface area contributed by atoms with Crippen LogP contribution in [0.2, 0.25) is 0 Å². The molecule has 1 aliphatic carbocycles. The molecule has 1 saturated carbocycles. The van der Waals surface area contributed by atoms with E-state index in [-0.39, 0.29) is 17.6 Å². The van der Waals surface area contributed by atoms with Gasteiger partial charge in [-0.1, -0.05) is 6.07 Å². The number of nitrogens with zero attached hydrogens (tertiary/aromatic N) is 6. The standard InChI is InChI=1S/C24H28N8O3/c1-30-20-19(28-22(30)23(33)25-12-14-6-7-14)21(27-13-26-20)31-10-8-15(9-11-31)32-16-4-3-5-17(35-2)18(16)29-24(32)34/h3-5,13-15H,6-12H2,1-2H3,(H,25,33)(H,29,34). The van der Waals surface area contributed by atoms with E-state index in [1.807, 2.05) is 29.8 Å². The molecule has 0 atom stereocenters. The van der Waals surface area contributed by atoms with Gasteiger partial charge < -0.3 is 24.5 Å². The van der Waals surface area contributed by atoms with Gasteiger partial charge in [-0.05, 0) is 43.7 Å². The first-order valence-corrected chi connectivity index (χ1v) is 12.0. The lowest BCUT2D eigenvalue weighted by atomic mass is 10.0. The molecule has 4 heterocycles. The van der Waals surface area contributed by atoms with Crippen molar-refractivity contribution in [3.8, 4) is 5.75 Å². The number of ether oxygens (including phenoxy) is 1. The predicted molar refractivity (Wildman–Crippen MR) is 131 cm³/mol.